The quantitative estimate of drug-likeness (QED) is 0.724. The number of halogens is 3. The molecule has 2 unspecified atom stereocenters. The van der Waals surface area contributed by atoms with Crippen molar-refractivity contribution in [1.82, 2.24) is 10.2 Å². The van der Waals surface area contributed by atoms with E-state index < -0.39 is 35.6 Å². The SMILES string of the molecule is COC(C(c1cccc(C#N)c1)c1cccc(C(F)(F)F)c1)N1CCC2(CC1)CNC(=O)O2. The molecule has 2 aliphatic heterocycles. The summed E-state index contributed by atoms with van der Waals surface area (Å²) in [7, 11) is 1.53. The Hall–Kier alpha value is -3.09. The zero-order valence-electron chi connectivity index (χ0n) is 18.1. The summed E-state index contributed by atoms with van der Waals surface area (Å²) in [5, 5.41) is 12.1. The number of benzene rings is 2. The van der Waals surface area contributed by atoms with Crippen molar-refractivity contribution in [1.29, 1.82) is 5.26 Å². The van der Waals surface area contributed by atoms with Gasteiger partial charge in [-0.05, 0) is 29.3 Å². The molecule has 4 rings (SSSR count). The van der Waals surface area contributed by atoms with Crippen LogP contribution in [-0.4, -0.2) is 49.6 Å². The third-order valence-corrected chi connectivity index (χ3v) is 6.41. The fourth-order valence-electron chi connectivity index (χ4n) is 4.69. The molecule has 174 valence electrons. The van der Waals surface area contributed by atoms with E-state index in [4.69, 9.17) is 9.47 Å². The van der Waals surface area contributed by atoms with Crippen LogP contribution in [0.2, 0.25) is 0 Å². The van der Waals surface area contributed by atoms with Gasteiger partial charge in [0.2, 0.25) is 0 Å². The van der Waals surface area contributed by atoms with Crippen LogP contribution in [0.3, 0.4) is 0 Å². The standard InChI is InChI=1S/C24H24F3N3O3/c1-32-21(30-10-8-23(9-11-30)15-29-22(31)33-23)20(17-5-2-4-16(12-17)14-28)18-6-3-7-19(13-18)24(25,26)27/h2-7,12-13,20-21H,8-11,15H2,1H3,(H,29,31). The minimum atomic E-state index is -4.48. The van der Waals surface area contributed by atoms with Gasteiger partial charge in [0.15, 0.2) is 0 Å². The highest BCUT2D eigenvalue weighted by atomic mass is 19.4. The Balaban J connectivity index is 1.69. The van der Waals surface area contributed by atoms with E-state index in [1.54, 1.807) is 30.3 Å². The lowest BCUT2D eigenvalue weighted by molar-refractivity contribution is -0.137. The second-order valence-electron chi connectivity index (χ2n) is 8.43. The summed E-state index contributed by atoms with van der Waals surface area (Å²) in [6.45, 7) is 1.53. The van der Waals surface area contributed by atoms with Gasteiger partial charge in [-0.1, -0.05) is 30.3 Å². The van der Waals surface area contributed by atoms with Crippen molar-refractivity contribution < 1.29 is 27.4 Å². The van der Waals surface area contributed by atoms with Gasteiger partial charge in [-0.3, -0.25) is 4.90 Å². The molecule has 2 aromatic rings. The van der Waals surface area contributed by atoms with Crippen LogP contribution in [0.15, 0.2) is 48.5 Å². The van der Waals surface area contributed by atoms with E-state index in [1.807, 2.05) is 0 Å². The van der Waals surface area contributed by atoms with Crippen molar-refractivity contribution >= 4 is 6.09 Å². The maximum absolute atomic E-state index is 13.5. The Morgan fingerprint density at radius 3 is 2.39 bits per heavy atom. The number of hydrogen-bond donors (Lipinski definition) is 1. The summed E-state index contributed by atoms with van der Waals surface area (Å²) in [5.74, 6) is -0.566. The van der Waals surface area contributed by atoms with Crippen LogP contribution in [0.4, 0.5) is 18.0 Å². The number of alkyl carbamates (subject to hydrolysis) is 1. The number of methoxy groups -OCH3 is 1. The first-order valence-corrected chi connectivity index (χ1v) is 10.7. The number of piperidine rings is 1. The van der Waals surface area contributed by atoms with Crippen LogP contribution < -0.4 is 5.32 Å². The maximum atomic E-state index is 13.5. The van der Waals surface area contributed by atoms with E-state index in [1.165, 1.54) is 13.2 Å². The van der Waals surface area contributed by atoms with Crippen LogP contribution in [0.1, 0.15) is 41.0 Å². The average Bonchev–Trinajstić information content (AvgIpc) is 3.17. The summed E-state index contributed by atoms with van der Waals surface area (Å²) in [6, 6.07) is 14.2. The Morgan fingerprint density at radius 1 is 1.15 bits per heavy atom. The van der Waals surface area contributed by atoms with Gasteiger partial charge in [-0.2, -0.15) is 18.4 Å². The van der Waals surface area contributed by atoms with Crippen molar-refractivity contribution in [3.8, 4) is 6.07 Å². The first-order chi connectivity index (χ1) is 15.7. The van der Waals surface area contributed by atoms with Crippen LogP contribution >= 0.6 is 0 Å². The maximum Gasteiger partial charge on any atom is 0.416 e. The predicted molar refractivity (Wildman–Crippen MR) is 113 cm³/mol. The van der Waals surface area contributed by atoms with Gasteiger partial charge >= 0.3 is 12.3 Å². The van der Waals surface area contributed by atoms with E-state index in [0.717, 1.165) is 12.1 Å². The van der Waals surface area contributed by atoms with Crippen molar-refractivity contribution in [2.45, 2.75) is 36.8 Å². The number of nitrogens with zero attached hydrogens (tertiary/aromatic N) is 2. The Morgan fingerprint density at radius 2 is 1.82 bits per heavy atom. The predicted octanol–water partition coefficient (Wildman–Crippen LogP) is 4.26. The molecule has 9 heteroatoms. The monoisotopic (exact) mass is 459 g/mol. The first kappa shape index (κ1) is 23.1. The molecule has 1 N–H and O–H groups in total. The summed E-state index contributed by atoms with van der Waals surface area (Å²) in [5.41, 5.74) is 0.257. The smallest absolute Gasteiger partial charge is 0.416 e. The van der Waals surface area contributed by atoms with E-state index in [9.17, 15) is 23.2 Å². The van der Waals surface area contributed by atoms with E-state index in [0.29, 0.717) is 49.2 Å². The third kappa shape index (κ3) is 4.82. The Kier molecular flexibility index (Phi) is 6.32. The van der Waals surface area contributed by atoms with Crippen molar-refractivity contribution in [3.63, 3.8) is 0 Å². The van der Waals surface area contributed by atoms with Crippen LogP contribution in [0.25, 0.3) is 0 Å². The molecule has 2 aliphatic rings. The number of carbonyl (C=O) groups is 1. The highest BCUT2D eigenvalue weighted by Gasteiger charge is 2.45. The highest BCUT2D eigenvalue weighted by Crippen LogP contribution is 2.38. The zero-order chi connectivity index (χ0) is 23.6. The number of alkyl halides is 3. The minimum Gasteiger partial charge on any atom is -0.441 e. The Labute approximate surface area is 189 Å². The molecule has 33 heavy (non-hydrogen) atoms. The van der Waals surface area contributed by atoms with Crippen LogP contribution in [-0.2, 0) is 15.7 Å². The molecule has 6 nitrogen and oxygen atoms in total. The van der Waals surface area contributed by atoms with Crippen LogP contribution in [0.5, 0.6) is 0 Å². The number of nitriles is 1. The third-order valence-electron chi connectivity index (χ3n) is 6.41. The molecule has 0 bridgehead atoms. The summed E-state index contributed by atoms with van der Waals surface area (Å²) < 4.78 is 51.7. The molecule has 0 aromatic heterocycles. The number of likely N-dealkylation sites (tertiary alicyclic amines) is 1. The van der Waals surface area contributed by atoms with Gasteiger partial charge in [0.1, 0.15) is 11.8 Å². The lowest BCUT2D eigenvalue weighted by atomic mass is 9.85. The summed E-state index contributed by atoms with van der Waals surface area (Å²) >= 11 is 0. The van der Waals surface area contributed by atoms with Gasteiger partial charge in [0, 0.05) is 39.0 Å². The highest BCUT2D eigenvalue weighted by molar-refractivity contribution is 5.70. The van der Waals surface area contributed by atoms with E-state index >= 15 is 0 Å². The molecule has 2 fully saturated rings. The molecule has 2 atom stereocenters. The van der Waals surface area contributed by atoms with Gasteiger partial charge < -0.3 is 14.8 Å². The van der Waals surface area contributed by atoms with Gasteiger partial charge in [0.25, 0.3) is 0 Å². The molecule has 2 aromatic carbocycles. The molecule has 2 saturated heterocycles. The largest absolute Gasteiger partial charge is 0.441 e. The Bertz CT molecular complexity index is 1060. The number of rotatable bonds is 5. The molecule has 0 radical (unpaired) electrons. The summed E-state index contributed by atoms with van der Waals surface area (Å²) in [6.07, 6.45) is -4.32. The molecule has 1 amide bonds. The molecule has 2 heterocycles. The van der Waals surface area contributed by atoms with Crippen molar-refractivity contribution in [2.75, 3.05) is 26.7 Å². The van der Waals surface area contributed by atoms with Crippen molar-refractivity contribution in [3.05, 3.63) is 70.8 Å². The number of hydrogen-bond acceptors (Lipinski definition) is 5. The number of amides is 1. The first-order valence-electron chi connectivity index (χ1n) is 10.7. The van der Waals surface area contributed by atoms with Gasteiger partial charge in [-0.15, -0.1) is 0 Å². The van der Waals surface area contributed by atoms with E-state index in [-0.39, 0.29) is 0 Å². The minimum absolute atomic E-state index is 0.417. The second-order valence-corrected chi connectivity index (χ2v) is 8.43. The zero-order valence-corrected chi connectivity index (χ0v) is 18.1. The molecule has 0 aliphatic carbocycles. The lowest BCUT2D eigenvalue weighted by Gasteiger charge is -2.43. The van der Waals surface area contributed by atoms with Crippen molar-refractivity contribution in [2.24, 2.45) is 0 Å². The van der Waals surface area contributed by atoms with Crippen LogP contribution in [0, 0.1) is 11.3 Å². The summed E-state index contributed by atoms with van der Waals surface area (Å²) in [4.78, 5) is 13.6. The van der Waals surface area contributed by atoms with Gasteiger partial charge in [-0.25, -0.2) is 4.79 Å². The molecule has 0 saturated carbocycles. The number of ether oxygens (including phenoxy) is 2. The second kappa shape index (κ2) is 9.04. The molecular formula is C24H24F3N3O3. The fourth-order valence-corrected chi connectivity index (χ4v) is 4.69. The lowest BCUT2D eigenvalue weighted by Crippen LogP contribution is -2.52. The fraction of sp³-hybridized carbons (Fsp3) is 0.417. The number of carbonyl (C=O) groups excluding carboxylic acids is 1. The molecular weight excluding hydrogens is 435 g/mol. The number of nitrogens with one attached hydrogen (secondary N) is 1. The van der Waals surface area contributed by atoms with E-state index in [2.05, 4.69) is 16.3 Å². The van der Waals surface area contributed by atoms with Gasteiger partial charge in [0.05, 0.1) is 23.7 Å². The molecule has 1 spiro atoms. The average molecular weight is 459 g/mol. The normalized spacial score (nSPS) is 20.0. The topological polar surface area (TPSA) is 74.6 Å².